The number of fused-ring (bicyclic) bond motifs is 2. The lowest BCUT2D eigenvalue weighted by Gasteiger charge is -2.29. The minimum absolute atomic E-state index is 0.214. The first-order chi connectivity index (χ1) is 7.70. The Hall–Kier alpha value is -0.600. The van der Waals surface area contributed by atoms with Gasteiger partial charge in [-0.25, -0.2) is 4.39 Å². The predicted octanol–water partition coefficient (Wildman–Crippen LogP) is 3.48. The predicted molar refractivity (Wildman–Crippen MR) is 63.3 cm³/mol. The van der Waals surface area contributed by atoms with Crippen molar-refractivity contribution in [3.63, 3.8) is 0 Å². The highest BCUT2D eigenvalue weighted by Gasteiger charge is 2.34. The fourth-order valence-electron chi connectivity index (χ4n) is 3.14. The van der Waals surface area contributed by atoms with E-state index in [9.17, 15) is 4.39 Å². The molecule has 0 spiro atoms. The van der Waals surface area contributed by atoms with Crippen LogP contribution in [-0.2, 0) is 0 Å². The van der Waals surface area contributed by atoms with Gasteiger partial charge >= 0.3 is 0 Å². The summed E-state index contributed by atoms with van der Waals surface area (Å²) in [5.74, 6) is 0.264. The standard InChI is InChI=1S/C13H15ClFN/c14-10-3-8(4-11(15)7-10)9-5-12-1-2-13(6-9)16-12/h3-4,7,9,12-13,16H,1-2,5-6H2. The molecule has 1 aromatic carbocycles. The monoisotopic (exact) mass is 239 g/mol. The van der Waals surface area contributed by atoms with Crippen molar-refractivity contribution in [3.8, 4) is 0 Å². The molecule has 2 bridgehead atoms. The summed E-state index contributed by atoms with van der Waals surface area (Å²) in [6.07, 6.45) is 4.78. The third kappa shape index (κ3) is 1.96. The number of rotatable bonds is 1. The van der Waals surface area contributed by atoms with Gasteiger partial charge in [0.05, 0.1) is 0 Å². The van der Waals surface area contributed by atoms with Gasteiger partial charge in [0, 0.05) is 17.1 Å². The molecule has 1 nitrogen and oxygen atoms in total. The first kappa shape index (κ1) is 10.5. The van der Waals surface area contributed by atoms with Crippen LogP contribution < -0.4 is 5.32 Å². The number of piperidine rings is 1. The first-order valence-electron chi connectivity index (χ1n) is 5.93. The molecule has 0 aliphatic carbocycles. The molecule has 0 amide bonds. The molecule has 0 radical (unpaired) electrons. The first-order valence-corrected chi connectivity index (χ1v) is 6.30. The number of nitrogens with one attached hydrogen (secondary N) is 1. The van der Waals surface area contributed by atoms with Crippen molar-refractivity contribution in [2.24, 2.45) is 0 Å². The van der Waals surface area contributed by atoms with E-state index in [4.69, 9.17) is 11.6 Å². The summed E-state index contributed by atoms with van der Waals surface area (Å²) in [5, 5.41) is 4.11. The second-order valence-corrected chi connectivity index (χ2v) is 5.45. The maximum atomic E-state index is 13.3. The lowest BCUT2D eigenvalue weighted by molar-refractivity contribution is 0.362. The largest absolute Gasteiger partial charge is 0.311 e. The van der Waals surface area contributed by atoms with Gasteiger partial charge in [-0.1, -0.05) is 11.6 Å². The Morgan fingerprint density at radius 3 is 2.44 bits per heavy atom. The lowest BCUT2D eigenvalue weighted by Crippen LogP contribution is -2.37. The molecule has 0 aromatic heterocycles. The van der Waals surface area contributed by atoms with E-state index in [1.165, 1.54) is 18.9 Å². The van der Waals surface area contributed by atoms with E-state index < -0.39 is 0 Å². The normalized spacial score (nSPS) is 33.0. The van der Waals surface area contributed by atoms with Crippen LogP contribution >= 0.6 is 11.6 Å². The molecule has 86 valence electrons. The molecule has 3 rings (SSSR count). The van der Waals surface area contributed by atoms with Gasteiger partial charge in [-0.05, 0) is 55.4 Å². The summed E-state index contributed by atoms with van der Waals surface area (Å²) >= 11 is 5.90. The van der Waals surface area contributed by atoms with Crippen molar-refractivity contribution in [2.75, 3.05) is 0 Å². The van der Waals surface area contributed by atoms with E-state index in [0.29, 0.717) is 23.0 Å². The molecule has 2 aliphatic heterocycles. The Labute approximate surface area is 100.0 Å². The van der Waals surface area contributed by atoms with Crippen LogP contribution in [0, 0.1) is 5.82 Å². The summed E-state index contributed by atoms with van der Waals surface area (Å²) in [5.41, 5.74) is 1.07. The van der Waals surface area contributed by atoms with Gasteiger partial charge in [0.15, 0.2) is 0 Å². The van der Waals surface area contributed by atoms with Crippen LogP contribution in [0.1, 0.15) is 37.2 Å². The van der Waals surface area contributed by atoms with Gasteiger partial charge in [-0.2, -0.15) is 0 Å². The summed E-state index contributed by atoms with van der Waals surface area (Å²) in [6, 6.07) is 6.19. The number of halogens is 2. The second kappa shape index (κ2) is 4.01. The van der Waals surface area contributed by atoms with Crippen LogP contribution in [0.25, 0.3) is 0 Å². The molecule has 2 saturated heterocycles. The summed E-state index contributed by atoms with van der Waals surface area (Å²) in [6.45, 7) is 0. The molecule has 2 heterocycles. The summed E-state index contributed by atoms with van der Waals surface area (Å²) in [4.78, 5) is 0. The Morgan fingerprint density at radius 2 is 1.81 bits per heavy atom. The third-order valence-corrected chi connectivity index (χ3v) is 4.05. The van der Waals surface area contributed by atoms with Gasteiger partial charge in [-0.15, -0.1) is 0 Å². The zero-order valence-electron chi connectivity index (χ0n) is 9.05. The van der Waals surface area contributed by atoms with Crippen LogP contribution in [0.5, 0.6) is 0 Å². The van der Waals surface area contributed by atoms with Crippen LogP contribution in [0.2, 0.25) is 5.02 Å². The molecule has 1 N–H and O–H groups in total. The van der Waals surface area contributed by atoms with E-state index in [-0.39, 0.29) is 5.82 Å². The summed E-state index contributed by atoms with van der Waals surface area (Å²) in [7, 11) is 0. The van der Waals surface area contributed by atoms with E-state index >= 15 is 0 Å². The highest BCUT2D eigenvalue weighted by molar-refractivity contribution is 6.30. The SMILES string of the molecule is Fc1cc(Cl)cc(C2CC3CCC(C2)N3)c1. The van der Waals surface area contributed by atoms with Gasteiger partial charge in [0.2, 0.25) is 0 Å². The average molecular weight is 240 g/mol. The molecule has 2 unspecified atom stereocenters. The van der Waals surface area contributed by atoms with E-state index in [0.717, 1.165) is 18.4 Å². The maximum absolute atomic E-state index is 13.3. The Kier molecular flexibility index (Phi) is 2.64. The minimum Gasteiger partial charge on any atom is -0.311 e. The van der Waals surface area contributed by atoms with Crippen LogP contribution in [0.15, 0.2) is 18.2 Å². The third-order valence-electron chi connectivity index (χ3n) is 3.83. The summed E-state index contributed by atoms with van der Waals surface area (Å²) < 4.78 is 13.3. The second-order valence-electron chi connectivity index (χ2n) is 5.01. The Balaban J connectivity index is 1.86. The quantitative estimate of drug-likeness (QED) is 0.791. The Morgan fingerprint density at radius 1 is 1.12 bits per heavy atom. The molecule has 3 heteroatoms. The fourth-order valence-corrected chi connectivity index (χ4v) is 3.37. The van der Waals surface area contributed by atoms with E-state index in [2.05, 4.69) is 5.32 Å². The maximum Gasteiger partial charge on any atom is 0.124 e. The van der Waals surface area contributed by atoms with Crippen molar-refractivity contribution >= 4 is 11.6 Å². The fraction of sp³-hybridized carbons (Fsp3) is 0.538. The van der Waals surface area contributed by atoms with Crippen molar-refractivity contribution < 1.29 is 4.39 Å². The smallest absolute Gasteiger partial charge is 0.124 e. The van der Waals surface area contributed by atoms with Gasteiger partial charge < -0.3 is 5.32 Å². The van der Waals surface area contributed by atoms with Crippen molar-refractivity contribution in [3.05, 3.63) is 34.6 Å². The molecular formula is C13H15ClFN. The number of benzene rings is 1. The molecule has 2 aliphatic rings. The number of hydrogen-bond donors (Lipinski definition) is 1. The number of hydrogen-bond acceptors (Lipinski definition) is 1. The molecule has 16 heavy (non-hydrogen) atoms. The topological polar surface area (TPSA) is 12.0 Å². The van der Waals surface area contributed by atoms with Gasteiger partial charge in [-0.3, -0.25) is 0 Å². The molecule has 0 saturated carbocycles. The lowest BCUT2D eigenvalue weighted by atomic mass is 9.86. The van der Waals surface area contributed by atoms with Crippen molar-refractivity contribution in [2.45, 2.75) is 43.7 Å². The van der Waals surface area contributed by atoms with Crippen molar-refractivity contribution in [1.82, 2.24) is 5.32 Å². The molecule has 2 atom stereocenters. The highest BCUT2D eigenvalue weighted by atomic mass is 35.5. The molecular weight excluding hydrogens is 225 g/mol. The molecule has 1 aromatic rings. The highest BCUT2D eigenvalue weighted by Crippen LogP contribution is 2.37. The zero-order chi connectivity index (χ0) is 11.1. The van der Waals surface area contributed by atoms with Crippen LogP contribution in [-0.4, -0.2) is 12.1 Å². The van der Waals surface area contributed by atoms with Crippen molar-refractivity contribution in [1.29, 1.82) is 0 Å². The molecule has 2 fully saturated rings. The van der Waals surface area contributed by atoms with Gasteiger partial charge in [0.25, 0.3) is 0 Å². The average Bonchev–Trinajstić information content (AvgIpc) is 2.56. The Bertz CT molecular complexity index is 375. The van der Waals surface area contributed by atoms with Crippen LogP contribution in [0.4, 0.5) is 4.39 Å². The van der Waals surface area contributed by atoms with E-state index in [1.54, 1.807) is 6.07 Å². The van der Waals surface area contributed by atoms with Gasteiger partial charge in [0.1, 0.15) is 5.82 Å². The minimum atomic E-state index is -0.214. The zero-order valence-corrected chi connectivity index (χ0v) is 9.80. The van der Waals surface area contributed by atoms with E-state index in [1.807, 2.05) is 6.07 Å². The van der Waals surface area contributed by atoms with Crippen LogP contribution in [0.3, 0.4) is 0 Å².